The molecule has 7 nitrogen and oxygen atoms in total. The summed E-state index contributed by atoms with van der Waals surface area (Å²) >= 11 is 0. The molecular formula is C16H11N3O4S. The van der Waals surface area contributed by atoms with Gasteiger partial charge in [-0.05, 0) is 24.3 Å². The number of carbonyl (C=O) groups is 1. The van der Waals surface area contributed by atoms with Gasteiger partial charge in [0.05, 0.1) is 22.8 Å². The van der Waals surface area contributed by atoms with Crippen LogP contribution in [0.4, 0.5) is 0 Å². The van der Waals surface area contributed by atoms with E-state index in [4.69, 9.17) is 0 Å². The fourth-order valence-corrected chi connectivity index (χ4v) is 3.08. The number of hydrogen-bond donors (Lipinski definition) is 0. The van der Waals surface area contributed by atoms with Crippen molar-refractivity contribution in [3.8, 4) is 0 Å². The Balaban J connectivity index is 2.14. The number of imidazole rings is 1. The van der Waals surface area contributed by atoms with Gasteiger partial charge < -0.3 is 4.18 Å². The molecule has 0 N–H and O–H groups in total. The van der Waals surface area contributed by atoms with Gasteiger partial charge in [0, 0.05) is 17.8 Å². The number of para-hydroxylation sites is 2. The molecule has 0 saturated carbocycles. The Labute approximate surface area is 136 Å². The van der Waals surface area contributed by atoms with Crippen molar-refractivity contribution in [3.63, 3.8) is 0 Å². The van der Waals surface area contributed by atoms with Gasteiger partial charge in [-0.1, -0.05) is 12.1 Å². The lowest BCUT2D eigenvalue weighted by Gasteiger charge is -2.07. The molecule has 1 aromatic carbocycles. The number of hydrogen-bond acceptors (Lipinski definition) is 6. The van der Waals surface area contributed by atoms with Gasteiger partial charge in [-0.25, -0.2) is 9.78 Å². The zero-order valence-corrected chi connectivity index (χ0v) is 13.3. The van der Waals surface area contributed by atoms with Crippen LogP contribution in [0.5, 0.6) is 0 Å². The first kappa shape index (κ1) is 14.6. The predicted octanol–water partition coefficient (Wildman–Crippen LogP) is 2.15. The van der Waals surface area contributed by atoms with Gasteiger partial charge >= 0.3 is 16.1 Å². The van der Waals surface area contributed by atoms with Crippen molar-refractivity contribution in [2.24, 2.45) is 0 Å². The summed E-state index contributed by atoms with van der Waals surface area (Å²) in [5.41, 5.74) is 2.71. The number of benzene rings is 1. The monoisotopic (exact) mass is 341 g/mol. The maximum Gasteiger partial charge on any atom is 0.357 e. The topological polar surface area (TPSA) is 90.6 Å². The molecule has 3 aromatic heterocycles. The highest BCUT2D eigenvalue weighted by Gasteiger charge is 2.21. The maximum atomic E-state index is 12.3. The summed E-state index contributed by atoms with van der Waals surface area (Å²) in [6, 6.07) is 10.7. The molecule has 4 aromatic rings. The van der Waals surface area contributed by atoms with Crippen LogP contribution < -0.4 is 0 Å². The van der Waals surface area contributed by atoms with E-state index in [-0.39, 0.29) is 5.56 Å². The molecule has 120 valence electrons. The summed E-state index contributed by atoms with van der Waals surface area (Å²) in [5.74, 6) is -0.969. The minimum atomic E-state index is -3.93. The Morgan fingerprint density at radius 3 is 2.75 bits per heavy atom. The van der Waals surface area contributed by atoms with Crippen LogP contribution in [-0.4, -0.2) is 35.0 Å². The van der Waals surface area contributed by atoms with Crippen LogP contribution in [-0.2, 0) is 14.3 Å². The first-order chi connectivity index (χ1) is 11.4. The van der Waals surface area contributed by atoms with Gasteiger partial charge in [0.25, 0.3) is 0 Å². The SMILES string of the molecule is CS(=O)(=O)OC(=O)c1cc2cnccc2n2c1nc1ccccc12. The molecule has 4 rings (SSSR count). The van der Waals surface area contributed by atoms with Crippen LogP contribution in [0.3, 0.4) is 0 Å². The first-order valence-electron chi connectivity index (χ1n) is 7.02. The van der Waals surface area contributed by atoms with Crippen molar-refractivity contribution in [2.45, 2.75) is 0 Å². The summed E-state index contributed by atoms with van der Waals surface area (Å²) in [6.07, 6.45) is 4.07. The van der Waals surface area contributed by atoms with Gasteiger partial charge in [0.1, 0.15) is 5.56 Å². The van der Waals surface area contributed by atoms with Crippen molar-refractivity contribution in [3.05, 3.63) is 54.4 Å². The number of rotatable bonds is 2. The van der Waals surface area contributed by atoms with E-state index in [0.717, 1.165) is 17.3 Å². The molecule has 0 aliphatic carbocycles. The lowest BCUT2D eigenvalue weighted by atomic mass is 10.2. The van der Waals surface area contributed by atoms with E-state index in [1.807, 2.05) is 30.3 Å². The number of pyridine rings is 2. The smallest absolute Gasteiger partial charge is 0.341 e. The second-order valence-electron chi connectivity index (χ2n) is 5.33. The minimum Gasteiger partial charge on any atom is -0.341 e. The fourth-order valence-electron chi connectivity index (χ4n) is 2.72. The van der Waals surface area contributed by atoms with Crippen LogP contribution >= 0.6 is 0 Å². The molecule has 0 radical (unpaired) electrons. The number of carbonyl (C=O) groups excluding carboxylic acids is 1. The van der Waals surface area contributed by atoms with Crippen molar-refractivity contribution in [1.29, 1.82) is 0 Å². The van der Waals surface area contributed by atoms with E-state index in [1.165, 1.54) is 6.07 Å². The zero-order chi connectivity index (χ0) is 16.9. The van der Waals surface area contributed by atoms with E-state index in [0.29, 0.717) is 16.6 Å². The van der Waals surface area contributed by atoms with Crippen LogP contribution in [0.25, 0.3) is 27.6 Å². The quantitative estimate of drug-likeness (QED) is 0.519. The summed E-state index contributed by atoms with van der Waals surface area (Å²) < 4.78 is 28.9. The Hall–Kier alpha value is -3.00. The Morgan fingerprint density at radius 1 is 1.17 bits per heavy atom. The number of fused-ring (bicyclic) bond motifs is 5. The third-order valence-electron chi connectivity index (χ3n) is 3.62. The Morgan fingerprint density at radius 2 is 1.96 bits per heavy atom. The molecule has 0 saturated heterocycles. The summed E-state index contributed by atoms with van der Waals surface area (Å²) in [6.45, 7) is 0. The van der Waals surface area contributed by atoms with Crippen molar-refractivity contribution >= 4 is 43.7 Å². The molecule has 0 unspecified atom stereocenters. The maximum absolute atomic E-state index is 12.3. The Bertz CT molecular complexity index is 1230. The van der Waals surface area contributed by atoms with Gasteiger partial charge in [-0.2, -0.15) is 8.42 Å². The van der Waals surface area contributed by atoms with E-state index in [1.54, 1.807) is 16.8 Å². The normalized spacial score (nSPS) is 12.0. The van der Waals surface area contributed by atoms with E-state index in [2.05, 4.69) is 14.2 Å². The summed E-state index contributed by atoms with van der Waals surface area (Å²) in [4.78, 5) is 20.8. The number of nitrogens with zero attached hydrogens (tertiary/aromatic N) is 3. The van der Waals surface area contributed by atoms with Gasteiger partial charge in [0.15, 0.2) is 5.65 Å². The molecule has 0 amide bonds. The molecule has 0 aliphatic heterocycles. The number of aromatic nitrogens is 3. The molecule has 0 spiro atoms. The van der Waals surface area contributed by atoms with Crippen molar-refractivity contribution in [1.82, 2.24) is 14.4 Å². The van der Waals surface area contributed by atoms with Gasteiger partial charge in [-0.3, -0.25) is 9.38 Å². The highest BCUT2D eigenvalue weighted by Crippen LogP contribution is 2.26. The van der Waals surface area contributed by atoms with Crippen LogP contribution in [0, 0.1) is 0 Å². The molecule has 0 aliphatic rings. The average Bonchev–Trinajstić information content (AvgIpc) is 2.92. The van der Waals surface area contributed by atoms with Crippen molar-refractivity contribution in [2.75, 3.05) is 6.26 Å². The molecule has 0 atom stereocenters. The fraction of sp³-hybridized carbons (Fsp3) is 0.0625. The first-order valence-corrected chi connectivity index (χ1v) is 8.83. The standard InChI is InChI=1S/C16H11N3O4S/c1-24(21,22)23-16(20)11-8-10-9-17-7-6-13(10)19-14-5-3-2-4-12(14)18-15(11)19/h2-9H,1H3. The lowest BCUT2D eigenvalue weighted by molar-refractivity contribution is 0.0750. The second-order valence-corrected chi connectivity index (χ2v) is 6.90. The van der Waals surface area contributed by atoms with Crippen LogP contribution in [0.15, 0.2) is 48.8 Å². The van der Waals surface area contributed by atoms with E-state index in [9.17, 15) is 13.2 Å². The second kappa shape index (κ2) is 5.00. The molecule has 8 heteroatoms. The Kier molecular flexibility index (Phi) is 3.04. The molecular weight excluding hydrogens is 330 g/mol. The molecule has 24 heavy (non-hydrogen) atoms. The van der Waals surface area contributed by atoms with Crippen molar-refractivity contribution < 1.29 is 17.4 Å². The third kappa shape index (κ3) is 2.28. The molecule has 0 fully saturated rings. The highest BCUT2D eigenvalue weighted by atomic mass is 32.2. The van der Waals surface area contributed by atoms with Crippen LogP contribution in [0.1, 0.15) is 10.4 Å². The summed E-state index contributed by atoms with van der Waals surface area (Å²) in [5, 5.41) is 0.675. The minimum absolute atomic E-state index is 0.0668. The van der Waals surface area contributed by atoms with Gasteiger partial charge in [-0.15, -0.1) is 0 Å². The average molecular weight is 341 g/mol. The van der Waals surface area contributed by atoms with Gasteiger partial charge in [0.2, 0.25) is 0 Å². The summed E-state index contributed by atoms with van der Waals surface area (Å²) in [7, 11) is -3.93. The third-order valence-corrected chi connectivity index (χ3v) is 4.07. The van der Waals surface area contributed by atoms with E-state index < -0.39 is 16.1 Å². The zero-order valence-electron chi connectivity index (χ0n) is 12.5. The largest absolute Gasteiger partial charge is 0.357 e. The molecule has 3 heterocycles. The van der Waals surface area contributed by atoms with Crippen LogP contribution in [0.2, 0.25) is 0 Å². The molecule has 0 bridgehead atoms. The predicted molar refractivity (Wildman–Crippen MR) is 88.3 cm³/mol. The highest BCUT2D eigenvalue weighted by molar-refractivity contribution is 7.86. The lowest BCUT2D eigenvalue weighted by Crippen LogP contribution is -2.13. The van der Waals surface area contributed by atoms with E-state index >= 15 is 0 Å².